The Balaban J connectivity index is 0.0000000975. The van der Waals surface area contributed by atoms with Crippen LogP contribution in [-0.2, 0) is 0 Å². The van der Waals surface area contributed by atoms with E-state index in [2.05, 4.69) is 120 Å². The molecule has 0 saturated carbocycles. The predicted molar refractivity (Wildman–Crippen MR) is 230 cm³/mol. The lowest BCUT2D eigenvalue weighted by Gasteiger charge is -2.01. The first-order chi connectivity index (χ1) is 27.8. The molecule has 0 unspecified atom stereocenters. The Morgan fingerprint density at radius 3 is 1.20 bits per heavy atom. The van der Waals surface area contributed by atoms with Crippen molar-refractivity contribution in [3.8, 4) is 0 Å². The summed E-state index contributed by atoms with van der Waals surface area (Å²) in [7, 11) is 0. The van der Waals surface area contributed by atoms with Crippen molar-refractivity contribution in [3.05, 3.63) is 201 Å². The summed E-state index contributed by atoms with van der Waals surface area (Å²) in [6, 6.07) is 52.9. The van der Waals surface area contributed by atoms with Gasteiger partial charge in [0.2, 0.25) is 0 Å². The quantitative estimate of drug-likeness (QED) is 0.144. The molecule has 0 atom stereocenters. The van der Waals surface area contributed by atoms with E-state index in [0.29, 0.717) is 0 Å². The van der Waals surface area contributed by atoms with Crippen molar-refractivity contribution in [1.82, 2.24) is 34.9 Å². The molecular formula is C49H33N7. The van der Waals surface area contributed by atoms with E-state index in [1.165, 1.54) is 16.2 Å². The lowest BCUT2D eigenvalue weighted by Crippen LogP contribution is -1.83. The highest BCUT2D eigenvalue weighted by atomic mass is 14.7. The summed E-state index contributed by atoms with van der Waals surface area (Å²) in [4.78, 5) is 30.4. The van der Waals surface area contributed by atoms with Gasteiger partial charge in [0.05, 0.1) is 38.6 Å². The Morgan fingerprint density at radius 2 is 0.571 bits per heavy atom. The first-order valence-corrected chi connectivity index (χ1v) is 18.3. The van der Waals surface area contributed by atoms with Gasteiger partial charge in [-0.05, 0) is 72.1 Å². The molecule has 0 N–H and O–H groups in total. The van der Waals surface area contributed by atoms with Crippen molar-refractivity contribution in [3.63, 3.8) is 0 Å². The molecule has 0 fully saturated rings. The molecule has 7 heterocycles. The van der Waals surface area contributed by atoms with E-state index in [1.807, 2.05) is 97.6 Å². The van der Waals surface area contributed by atoms with Gasteiger partial charge < -0.3 is 0 Å². The van der Waals surface area contributed by atoms with Gasteiger partial charge in [-0.2, -0.15) is 0 Å². The summed E-state index contributed by atoms with van der Waals surface area (Å²) in [5.41, 5.74) is 7.08. The summed E-state index contributed by atoms with van der Waals surface area (Å²) in [6.45, 7) is 0. The van der Waals surface area contributed by atoms with Crippen LogP contribution in [0.3, 0.4) is 0 Å². The fraction of sp³-hybridized carbons (Fsp3) is 0. The van der Waals surface area contributed by atoms with E-state index in [-0.39, 0.29) is 0 Å². The third kappa shape index (κ3) is 7.00. The average Bonchev–Trinajstić information content (AvgIpc) is 3.29. The van der Waals surface area contributed by atoms with Crippen molar-refractivity contribution in [2.45, 2.75) is 0 Å². The van der Waals surface area contributed by atoms with E-state index in [9.17, 15) is 0 Å². The number of aromatic nitrogens is 7. The second-order valence-electron chi connectivity index (χ2n) is 13.0. The highest BCUT2D eigenvalue weighted by molar-refractivity contribution is 6.06. The molecule has 7 aromatic heterocycles. The van der Waals surface area contributed by atoms with Crippen LogP contribution < -0.4 is 0 Å². The molecule has 0 aliphatic heterocycles. The summed E-state index contributed by atoms with van der Waals surface area (Å²) < 4.78 is 0. The fourth-order valence-electron chi connectivity index (χ4n) is 6.90. The van der Waals surface area contributed by atoms with Crippen LogP contribution in [0.5, 0.6) is 0 Å². The third-order valence-corrected chi connectivity index (χ3v) is 9.56. The van der Waals surface area contributed by atoms with Crippen LogP contribution >= 0.6 is 0 Å². The lowest BCUT2D eigenvalue weighted by molar-refractivity contribution is 1.37. The number of rotatable bonds is 0. The van der Waals surface area contributed by atoms with Crippen molar-refractivity contribution in [1.29, 1.82) is 0 Å². The molecular weight excluding hydrogens is 687 g/mol. The second-order valence-corrected chi connectivity index (χ2v) is 13.0. The largest absolute Gasteiger partial charge is 0.256 e. The zero-order valence-electron chi connectivity index (χ0n) is 30.2. The number of para-hydroxylation sites is 1. The molecule has 7 heteroatoms. The molecule has 12 aromatic rings. The van der Waals surface area contributed by atoms with Gasteiger partial charge in [0.1, 0.15) is 0 Å². The molecule has 0 aliphatic rings. The van der Waals surface area contributed by atoms with E-state index >= 15 is 0 Å². The Bertz CT molecular complexity index is 2630. The molecule has 264 valence electrons. The van der Waals surface area contributed by atoms with Crippen LogP contribution in [0.25, 0.3) is 87.1 Å². The normalized spacial score (nSPS) is 10.9. The number of fused-ring (bicyclic) bond motifs is 12. The van der Waals surface area contributed by atoms with Gasteiger partial charge >= 0.3 is 0 Å². The monoisotopic (exact) mass is 719 g/mol. The highest BCUT2D eigenvalue weighted by Crippen LogP contribution is 2.24. The van der Waals surface area contributed by atoms with Crippen LogP contribution in [0.15, 0.2) is 201 Å². The number of hydrogen-bond acceptors (Lipinski definition) is 7. The summed E-state index contributed by atoms with van der Waals surface area (Å²) in [5, 5.41) is 10.6. The molecule has 5 aromatic carbocycles. The zero-order valence-corrected chi connectivity index (χ0v) is 30.2. The number of pyridine rings is 7. The van der Waals surface area contributed by atoms with Gasteiger partial charge in [0, 0.05) is 86.5 Å². The molecule has 0 aliphatic carbocycles. The molecule has 0 amide bonds. The van der Waals surface area contributed by atoms with Gasteiger partial charge in [0.25, 0.3) is 0 Å². The standard InChI is InChI=1S/C13H9N.3C12H8N2/c1-2-6-11-10(5-1)9-14-13-8-4-3-7-12(11)13;1-3-9-5-6-11-10(4-2-7-13-11)12(9)14-8-1;1-3-9-10-4-2-8-14-12(10)6-5-11(9)13-7-1;1-3-9-5-6-10-4-2-8-14-12(10)11(9)13-7-1/h1-9H;3*1-8H. The zero-order chi connectivity index (χ0) is 37.5. The SMILES string of the molecule is c1ccc2c(c1)cnc1ccccc12.c1cnc2c(c1)ccc1cccnc12.c1cnc2c(c1)ccc1ncccc12.c1cnc2ccc3ncccc3c2c1. The van der Waals surface area contributed by atoms with Crippen molar-refractivity contribution < 1.29 is 0 Å². The van der Waals surface area contributed by atoms with Crippen LogP contribution in [0.4, 0.5) is 0 Å². The summed E-state index contributed by atoms with van der Waals surface area (Å²) >= 11 is 0. The minimum atomic E-state index is 0.977. The fourth-order valence-corrected chi connectivity index (χ4v) is 6.90. The maximum atomic E-state index is 4.41. The van der Waals surface area contributed by atoms with Gasteiger partial charge in [0.15, 0.2) is 0 Å². The first-order valence-electron chi connectivity index (χ1n) is 18.3. The first kappa shape index (κ1) is 34.0. The Morgan fingerprint density at radius 1 is 0.214 bits per heavy atom. The van der Waals surface area contributed by atoms with Crippen molar-refractivity contribution >= 4 is 87.1 Å². The maximum Gasteiger partial charge on any atom is 0.0964 e. The summed E-state index contributed by atoms with van der Waals surface area (Å²) in [5.74, 6) is 0. The summed E-state index contributed by atoms with van der Waals surface area (Å²) in [6.07, 6.45) is 12.8. The smallest absolute Gasteiger partial charge is 0.0964 e. The van der Waals surface area contributed by atoms with Gasteiger partial charge in [-0.15, -0.1) is 0 Å². The van der Waals surface area contributed by atoms with E-state index in [1.54, 1.807) is 18.6 Å². The third-order valence-electron chi connectivity index (χ3n) is 9.56. The molecule has 0 radical (unpaired) electrons. The molecule has 7 nitrogen and oxygen atoms in total. The van der Waals surface area contributed by atoms with Gasteiger partial charge in [-0.3, -0.25) is 34.9 Å². The number of hydrogen-bond donors (Lipinski definition) is 0. The van der Waals surface area contributed by atoms with Crippen LogP contribution in [0, 0.1) is 0 Å². The highest BCUT2D eigenvalue weighted by Gasteiger charge is 2.03. The minimum absolute atomic E-state index is 0.977. The van der Waals surface area contributed by atoms with Crippen LogP contribution in [0.2, 0.25) is 0 Å². The van der Waals surface area contributed by atoms with Gasteiger partial charge in [-0.25, -0.2) is 0 Å². The Labute approximate surface area is 322 Å². The lowest BCUT2D eigenvalue weighted by atomic mass is 10.1. The predicted octanol–water partition coefficient (Wildman–Crippen LogP) is 11.7. The maximum absolute atomic E-state index is 4.41. The van der Waals surface area contributed by atoms with E-state index in [0.717, 1.165) is 70.9 Å². The molecule has 56 heavy (non-hydrogen) atoms. The molecule has 0 spiro atoms. The van der Waals surface area contributed by atoms with E-state index < -0.39 is 0 Å². The Hall–Kier alpha value is -7.77. The van der Waals surface area contributed by atoms with Crippen molar-refractivity contribution in [2.24, 2.45) is 0 Å². The van der Waals surface area contributed by atoms with Crippen molar-refractivity contribution in [2.75, 3.05) is 0 Å². The molecule has 0 saturated heterocycles. The second kappa shape index (κ2) is 15.7. The van der Waals surface area contributed by atoms with E-state index in [4.69, 9.17) is 0 Å². The van der Waals surface area contributed by atoms with Crippen LogP contribution in [0.1, 0.15) is 0 Å². The topological polar surface area (TPSA) is 90.2 Å². The number of benzene rings is 5. The molecule has 12 rings (SSSR count). The molecule has 0 bridgehead atoms. The van der Waals surface area contributed by atoms with Crippen LogP contribution in [-0.4, -0.2) is 34.9 Å². The Kier molecular flexibility index (Phi) is 9.53. The average molecular weight is 720 g/mol. The minimum Gasteiger partial charge on any atom is -0.256 e. The number of nitrogens with zero attached hydrogens (tertiary/aromatic N) is 7. The van der Waals surface area contributed by atoms with Gasteiger partial charge in [-0.1, -0.05) is 91.0 Å².